The van der Waals surface area contributed by atoms with Crippen LogP contribution < -0.4 is 0 Å². The van der Waals surface area contributed by atoms with E-state index >= 15 is 0 Å². The molecule has 0 N–H and O–H groups in total. The predicted octanol–water partition coefficient (Wildman–Crippen LogP) is 5.38. The Bertz CT molecular complexity index is 826. The minimum absolute atomic E-state index is 0.127. The number of rotatable bonds is 3. The molecular weight excluding hydrogens is 343 g/mol. The minimum Gasteiger partial charge on any atom is -0.468 e. The van der Waals surface area contributed by atoms with Crippen molar-refractivity contribution in [3.63, 3.8) is 0 Å². The van der Waals surface area contributed by atoms with Crippen molar-refractivity contribution in [2.45, 2.75) is 25.6 Å². The van der Waals surface area contributed by atoms with Gasteiger partial charge in [0.2, 0.25) is 0 Å². The van der Waals surface area contributed by atoms with Crippen LogP contribution in [-0.4, -0.2) is 16.0 Å². The first-order valence-corrected chi connectivity index (χ1v) is 8.84. The first kappa shape index (κ1) is 15.8. The molecule has 5 heteroatoms. The molecule has 0 aliphatic carbocycles. The second-order valence-corrected chi connectivity index (χ2v) is 6.92. The fraction of sp³-hybridized carbons (Fsp3) is 0.263. The van der Waals surface area contributed by atoms with Gasteiger partial charge in [0.15, 0.2) is 0 Å². The van der Waals surface area contributed by atoms with Gasteiger partial charge in [0, 0.05) is 25.0 Å². The molecule has 1 aromatic carbocycles. The fourth-order valence-electron chi connectivity index (χ4n) is 3.48. The summed E-state index contributed by atoms with van der Waals surface area (Å²) in [7, 11) is 0. The Hall–Kier alpha value is -1.68. The highest BCUT2D eigenvalue weighted by molar-refractivity contribution is 6.42. The molecule has 0 saturated heterocycles. The molecule has 4 rings (SSSR count). The molecule has 1 atom stereocenters. The monoisotopic (exact) mass is 360 g/mol. The zero-order valence-corrected chi connectivity index (χ0v) is 14.7. The van der Waals surface area contributed by atoms with Crippen molar-refractivity contribution < 1.29 is 4.42 Å². The Labute approximate surface area is 151 Å². The SMILES string of the molecule is Clc1ccc(C2c3cccn3CCCN2Cc2ccco2)cc1Cl. The van der Waals surface area contributed by atoms with Crippen molar-refractivity contribution in [1.29, 1.82) is 0 Å². The topological polar surface area (TPSA) is 21.3 Å². The molecule has 0 spiro atoms. The molecule has 24 heavy (non-hydrogen) atoms. The number of fused-ring (bicyclic) bond motifs is 1. The smallest absolute Gasteiger partial charge is 0.117 e. The molecule has 124 valence electrons. The van der Waals surface area contributed by atoms with Crippen LogP contribution in [-0.2, 0) is 13.1 Å². The van der Waals surface area contributed by atoms with Gasteiger partial charge in [-0.3, -0.25) is 4.90 Å². The van der Waals surface area contributed by atoms with Crippen molar-refractivity contribution in [3.05, 3.63) is 82.0 Å². The summed E-state index contributed by atoms with van der Waals surface area (Å²) in [6, 6.07) is 14.3. The van der Waals surface area contributed by atoms with E-state index in [2.05, 4.69) is 33.9 Å². The van der Waals surface area contributed by atoms with E-state index in [9.17, 15) is 0 Å². The zero-order chi connectivity index (χ0) is 16.5. The molecule has 1 aliphatic heterocycles. The lowest BCUT2D eigenvalue weighted by molar-refractivity contribution is 0.203. The summed E-state index contributed by atoms with van der Waals surface area (Å²) in [5.41, 5.74) is 2.43. The van der Waals surface area contributed by atoms with E-state index in [1.807, 2.05) is 24.3 Å². The van der Waals surface area contributed by atoms with Gasteiger partial charge in [-0.25, -0.2) is 0 Å². The van der Waals surface area contributed by atoms with Crippen LogP contribution in [0.1, 0.15) is 29.5 Å². The molecule has 0 bridgehead atoms. The second kappa shape index (κ2) is 6.67. The maximum Gasteiger partial charge on any atom is 0.117 e. The summed E-state index contributed by atoms with van der Waals surface area (Å²) in [6.07, 6.45) is 4.97. The third kappa shape index (κ3) is 3.00. The zero-order valence-electron chi connectivity index (χ0n) is 13.2. The van der Waals surface area contributed by atoms with Gasteiger partial charge in [0.1, 0.15) is 5.76 Å². The van der Waals surface area contributed by atoms with E-state index in [1.165, 1.54) is 5.69 Å². The summed E-state index contributed by atoms with van der Waals surface area (Å²) in [5, 5.41) is 1.18. The minimum atomic E-state index is 0.127. The summed E-state index contributed by atoms with van der Waals surface area (Å²) >= 11 is 12.4. The molecule has 1 unspecified atom stereocenters. The molecule has 3 heterocycles. The number of hydrogen-bond donors (Lipinski definition) is 0. The fourth-order valence-corrected chi connectivity index (χ4v) is 3.78. The summed E-state index contributed by atoms with van der Waals surface area (Å²) in [6.45, 7) is 2.78. The van der Waals surface area contributed by atoms with E-state index in [1.54, 1.807) is 6.26 Å². The molecule has 0 saturated carbocycles. The Morgan fingerprint density at radius 2 is 1.96 bits per heavy atom. The van der Waals surface area contributed by atoms with Crippen LogP contribution in [0.4, 0.5) is 0 Å². The normalized spacial score (nSPS) is 18.3. The van der Waals surface area contributed by atoms with Crippen LogP contribution in [0, 0.1) is 0 Å². The van der Waals surface area contributed by atoms with Crippen LogP contribution in [0.15, 0.2) is 59.3 Å². The van der Waals surface area contributed by atoms with Crippen LogP contribution in [0.2, 0.25) is 10.0 Å². The Morgan fingerprint density at radius 3 is 2.75 bits per heavy atom. The third-order valence-electron chi connectivity index (χ3n) is 4.55. The maximum absolute atomic E-state index is 6.29. The van der Waals surface area contributed by atoms with Gasteiger partial charge in [0.05, 0.1) is 28.9 Å². The Morgan fingerprint density at radius 1 is 1.04 bits per heavy atom. The molecule has 0 fully saturated rings. The number of halogens is 2. The average molecular weight is 361 g/mol. The highest BCUT2D eigenvalue weighted by atomic mass is 35.5. The maximum atomic E-state index is 6.29. The molecule has 2 aromatic heterocycles. The van der Waals surface area contributed by atoms with Gasteiger partial charge < -0.3 is 8.98 Å². The Kier molecular flexibility index (Phi) is 4.40. The number of aryl methyl sites for hydroxylation is 1. The van der Waals surface area contributed by atoms with Gasteiger partial charge in [-0.1, -0.05) is 29.3 Å². The third-order valence-corrected chi connectivity index (χ3v) is 5.29. The summed E-state index contributed by atoms with van der Waals surface area (Å²) in [4.78, 5) is 2.44. The lowest BCUT2D eigenvalue weighted by atomic mass is 10.0. The van der Waals surface area contributed by atoms with Crippen molar-refractivity contribution in [3.8, 4) is 0 Å². The van der Waals surface area contributed by atoms with E-state index in [0.29, 0.717) is 10.0 Å². The van der Waals surface area contributed by atoms with Gasteiger partial charge in [0.25, 0.3) is 0 Å². The first-order valence-electron chi connectivity index (χ1n) is 8.09. The second-order valence-electron chi connectivity index (χ2n) is 6.11. The quantitative estimate of drug-likeness (QED) is 0.624. The number of benzene rings is 1. The van der Waals surface area contributed by atoms with E-state index in [-0.39, 0.29) is 6.04 Å². The van der Waals surface area contributed by atoms with Crippen molar-refractivity contribution in [2.24, 2.45) is 0 Å². The average Bonchev–Trinajstić information content (AvgIpc) is 3.21. The highest BCUT2D eigenvalue weighted by Crippen LogP contribution is 2.35. The molecule has 1 aliphatic rings. The van der Waals surface area contributed by atoms with E-state index in [0.717, 1.165) is 37.4 Å². The van der Waals surface area contributed by atoms with Gasteiger partial charge >= 0.3 is 0 Å². The number of aromatic nitrogens is 1. The standard InChI is InChI=1S/C19H18Cl2N2O/c20-16-7-6-14(12-17(16)21)19-18-5-1-8-22(18)9-3-10-23(19)13-15-4-2-11-24-15/h1-2,4-8,11-12,19H,3,9-10,13H2. The van der Waals surface area contributed by atoms with Crippen LogP contribution >= 0.6 is 23.2 Å². The van der Waals surface area contributed by atoms with Gasteiger partial charge in [-0.05, 0) is 48.4 Å². The van der Waals surface area contributed by atoms with Crippen LogP contribution in [0.5, 0.6) is 0 Å². The number of nitrogens with zero attached hydrogens (tertiary/aromatic N) is 2. The lowest BCUT2D eigenvalue weighted by Gasteiger charge is -2.30. The number of furan rings is 1. The summed E-state index contributed by atoms with van der Waals surface area (Å²) in [5.74, 6) is 0.972. The molecule has 3 nitrogen and oxygen atoms in total. The Balaban J connectivity index is 1.77. The van der Waals surface area contributed by atoms with Gasteiger partial charge in [-0.15, -0.1) is 0 Å². The summed E-state index contributed by atoms with van der Waals surface area (Å²) < 4.78 is 7.91. The van der Waals surface area contributed by atoms with Crippen molar-refractivity contribution >= 4 is 23.2 Å². The first-order chi connectivity index (χ1) is 11.7. The van der Waals surface area contributed by atoms with Gasteiger partial charge in [-0.2, -0.15) is 0 Å². The van der Waals surface area contributed by atoms with Crippen LogP contribution in [0.25, 0.3) is 0 Å². The van der Waals surface area contributed by atoms with Crippen molar-refractivity contribution in [1.82, 2.24) is 9.47 Å². The lowest BCUT2D eigenvalue weighted by Crippen LogP contribution is -2.29. The predicted molar refractivity (Wildman–Crippen MR) is 96.5 cm³/mol. The van der Waals surface area contributed by atoms with E-state index < -0.39 is 0 Å². The van der Waals surface area contributed by atoms with Crippen molar-refractivity contribution in [2.75, 3.05) is 6.54 Å². The molecule has 3 aromatic rings. The molecule has 0 amide bonds. The largest absolute Gasteiger partial charge is 0.468 e. The highest BCUT2D eigenvalue weighted by Gasteiger charge is 2.28. The van der Waals surface area contributed by atoms with E-state index in [4.69, 9.17) is 27.6 Å². The molecular formula is C19H18Cl2N2O. The molecule has 0 radical (unpaired) electrons. The van der Waals surface area contributed by atoms with Crippen LogP contribution in [0.3, 0.4) is 0 Å². The number of hydrogen-bond acceptors (Lipinski definition) is 2.